The number of non-ortho nitro benzene ring substituents is 1. The van der Waals surface area contributed by atoms with E-state index in [4.69, 9.17) is 23.2 Å². The monoisotopic (exact) mass is 328 g/mol. The average Bonchev–Trinajstić information content (AvgIpc) is 2.43. The van der Waals surface area contributed by atoms with Gasteiger partial charge in [-0.25, -0.2) is 4.39 Å². The first-order valence-corrected chi connectivity index (χ1v) is 6.79. The molecule has 2 rings (SSSR count). The van der Waals surface area contributed by atoms with E-state index < -0.39 is 10.7 Å². The molecule has 21 heavy (non-hydrogen) atoms. The van der Waals surface area contributed by atoms with E-state index in [1.807, 2.05) is 0 Å². The van der Waals surface area contributed by atoms with Gasteiger partial charge in [0.1, 0.15) is 5.82 Å². The van der Waals surface area contributed by atoms with Crippen molar-refractivity contribution < 1.29 is 9.31 Å². The van der Waals surface area contributed by atoms with E-state index in [-0.39, 0.29) is 16.8 Å². The van der Waals surface area contributed by atoms with Crippen LogP contribution in [0, 0.1) is 15.9 Å². The second-order valence-corrected chi connectivity index (χ2v) is 5.28. The molecule has 7 heteroatoms. The smallest absolute Gasteiger partial charge is 0.271 e. The fourth-order valence-corrected chi connectivity index (χ4v) is 2.45. The maximum absolute atomic E-state index is 13.5. The number of rotatable bonds is 4. The predicted molar refractivity (Wildman–Crippen MR) is 81.6 cm³/mol. The molecule has 0 spiro atoms. The highest BCUT2D eigenvalue weighted by molar-refractivity contribution is 6.35. The molecule has 1 unspecified atom stereocenters. The number of nitrogens with one attached hydrogen (secondary N) is 1. The Morgan fingerprint density at radius 2 is 1.95 bits per heavy atom. The summed E-state index contributed by atoms with van der Waals surface area (Å²) in [7, 11) is 0. The second-order valence-electron chi connectivity index (χ2n) is 4.46. The van der Waals surface area contributed by atoms with Crippen LogP contribution in [0.5, 0.6) is 0 Å². The molecule has 0 amide bonds. The summed E-state index contributed by atoms with van der Waals surface area (Å²) in [5, 5.41) is 14.1. The zero-order chi connectivity index (χ0) is 15.6. The summed E-state index contributed by atoms with van der Waals surface area (Å²) in [6.45, 7) is 1.77. The lowest BCUT2D eigenvalue weighted by molar-refractivity contribution is -0.384. The van der Waals surface area contributed by atoms with E-state index >= 15 is 0 Å². The molecule has 0 saturated heterocycles. The Balaban J connectivity index is 2.26. The highest BCUT2D eigenvalue weighted by Crippen LogP contribution is 2.31. The number of anilines is 1. The first-order valence-electron chi connectivity index (χ1n) is 6.04. The molecule has 0 bridgehead atoms. The van der Waals surface area contributed by atoms with Crippen LogP contribution in [0.3, 0.4) is 0 Å². The summed E-state index contributed by atoms with van der Waals surface area (Å²) in [4.78, 5) is 10.3. The van der Waals surface area contributed by atoms with E-state index in [0.29, 0.717) is 16.3 Å². The van der Waals surface area contributed by atoms with Gasteiger partial charge in [0, 0.05) is 22.8 Å². The first kappa shape index (κ1) is 15.5. The molecule has 4 nitrogen and oxygen atoms in total. The minimum atomic E-state index is -0.566. The van der Waals surface area contributed by atoms with Crippen molar-refractivity contribution in [3.8, 4) is 0 Å². The van der Waals surface area contributed by atoms with Gasteiger partial charge < -0.3 is 5.32 Å². The largest absolute Gasteiger partial charge is 0.378 e. The normalized spacial score (nSPS) is 12.0. The summed E-state index contributed by atoms with van der Waals surface area (Å²) in [6.07, 6.45) is 0. The molecule has 1 atom stereocenters. The van der Waals surface area contributed by atoms with Gasteiger partial charge in [-0.15, -0.1) is 0 Å². The zero-order valence-electron chi connectivity index (χ0n) is 10.9. The number of nitro groups is 1. The van der Waals surface area contributed by atoms with Crippen molar-refractivity contribution in [3.63, 3.8) is 0 Å². The predicted octanol–water partition coefficient (Wildman–Crippen LogP) is 5.21. The van der Waals surface area contributed by atoms with Gasteiger partial charge in [0.2, 0.25) is 0 Å². The molecular weight excluding hydrogens is 318 g/mol. The Morgan fingerprint density at radius 1 is 1.24 bits per heavy atom. The van der Waals surface area contributed by atoms with E-state index in [1.165, 1.54) is 24.3 Å². The Morgan fingerprint density at radius 3 is 2.62 bits per heavy atom. The first-order chi connectivity index (χ1) is 9.88. The van der Waals surface area contributed by atoms with E-state index in [2.05, 4.69) is 5.32 Å². The van der Waals surface area contributed by atoms with E-state index in [0.717, 1.165) is 0 Å². The van der Waals surface area contributed by atoms with Crippen molar-refractivity contribution in [1.29, 1.82) is 0 Å². The van der Waals surface area contributed by atoms with Gasteiger partial charge in [-0.2, -0.15) is 0 Å². The third-order valence-corrected chi connectivity index (χ3v) is 3.56. The van der Waals surface area contributed by atoms with Crippen LogP contribution in [0.2, 0.25) is 10.0 Å². The van der Waals surface area contributed by atoms with Gasteiger partial charge >= 0.3 is 0 Å². The van der Waals surface area contributed by atoms with Crippen LogP contribution in [-0.4, -0.2) is 4.92 Å². The van der Waals surface area contributed by atoms with Crippen LogP contribution < -0.4 is 5.32 Å². The Labute approximate surface area is 130 Å². The van der Waals surface area contributed by atoms with Gasteiger partial charge in [0.15, 0.2) is 0 Å². The van der Waals surface area contributed by atoms with Gasteiger partial charge in [-0.3, -0.25) is 10.1 Å². The van der Waals surface area contributed by atoms with Crippen molar-refractivity contribution in [3.05, 3.63) is 67.9 Å². The Bertz CT molecular complexity index is 695. The maximum Gasteiger partial charge on any atom is 0.271 e. The summed E-state index contributed by atoms with van der Waals surface area (Å²) in [5.41, 5.74) is 1.04. The number of benzene rings is 2. The summed E-state index contributed by atoms with van der Waals surface area (Å²) in [5.74, 6) is -0.566. The fraction of sp³-hybridized carbons (Fsp3) is 0.143. The molecule has 0 fully saturated rings. The van der Waals surface area contributed by atoms with Crippen LogP contribution in [0.1, 0.15) is 18.5 Å². The molecule has 0 radical (unpaired) electrons. The Hall–Kier alpha value is -1.85. The third-order valence-electron chi connectivity index (χ3n) is 2.95. The van der Waals surface area contributed by atoms with Gasteiger partial charge in [-0.05, 0) is 30.7 Å². The number of hydrogen-bond acceptors (Lipinski definition) is 3. The number of nitrogens with zero attached hydrogens (tertiary/aromatic N) is 1. The molecule has 2 aromatic carbocycles. The molecule has 0 aromatic heterocycles. The fourth-order valence-electron chi connectivity index (χ4n) is 1.91. The average molecular weight is 329 g/mol. The van der Waals surface area contributed by atoms with Crippen LogP contribution in [0.4, 0.5) is 15.8 Å². The highest BCUT2D eigenvalue weighted by atomic mass is 35.5. The topological polar surface area (TPSA) is 55.2 Å². The van der Waals surface area contributed by atoms with Crippen molar-refractivity contribution in [2.24, 2.45) is 0 Å². The summed E-state index contributed by atoms with van der Waals surface area (Å²) < 4.78 is 13.5. The SMILES string of the molecule is CC(Nc1cccc([N+](=O)[O-])c1)c1cc(F)c(Cl)cc1Cl. The van der Waals surface area contributed by atoms with Crippen molar-refractivity contribution in [1.82, 2.24) is 0 Å². The number of halogens is 3. The van der Waals surface area contributed by atoms with Crippen LogP contribution in [0.15, 0.2) is 36.4 Å². The molecule has 0 aliphatic heterocycles. The standard InChI is InChI=1S/C14H11Cl2FN2O2/c1-8(11-6-14(17)13(16)7-12(11)15)18-9-3-2-4-10(5-9)19(20)21/h2-8,18H,1H3. The molecule has 0 aliphatic carbocycles. The highest BCUT2D eigenvalue weighted by Gasteiger charge is 2.14. The molecule has 2 aromatic rings. The molecule has 1 N–H and O–H groups in total. The second kappa shape index (κ2) is 6.28. The molecule has 0 saturated carbocycles. The van der Waals surface area contributed by atoms with Crippen molar-refractivity contribution >= 4 is 34.6 Å². The maximum atomic E-state index is 13.5. The molecule has 0 heterocycles. The van der Waals surface area contributed by atoms with Gasteiger partial charge in [0.05, 0.1) is 16.0 Å². The van der Waals surface area contributed by atoms with E-state index in [1.54, 1.807) is 19.1 Å². The zero-order valence-corrected chi connectivity index (χ0v) is 12.5. The van der Waals surface area contributed by atoms with Crippen LogP contribution in [0.25, 0.3) is 0 Å². The van der Waals surface area contributed by atoms with Crippen molar-refractivity contribution in [2.45, 2.75) is 13.0 Å². The molecule has 110 valence electrons. The summed E-state index contributed by atoms with van der Waals surface area (Å²) in [6, 6.07) is 8.29. The van der Waals surface area contributed by atoms with Gasteiger partial charge in [-0.1, -0.05) is 29.3 Å². The van der Waals surface area contributed by atoms with Crippen LogP contribution >= 0.6 is 23.2 Å². The van der Waals surface area contributed by atoms with E-state index in [9.17, 15) is 14.5 Å². The van der Waals surface area contributed by atoms with Crippen molar-refractivity contribution in [2.75, 3.05) is 5.32 Å². The lowest BCUT2D eigenvalue weighted by atomic mass is 10.1. The Kier molecular flexibility index (Phi) is 4.65. The summed E-state index contributed by atoms with van der Waals surface area (Å²) >= 11 is 11.7. The molecule has 0 aliphatic rings. The van der Waals surface area contributed by atoms with Crippen LogP contribution in [-0.2, 0) is 0 Å². The minimum Gasteiger partial charge on any atom is -0.378 e. The lowest BCUT2D eigenvalue weighted by Gasteiger charge is -2.17. The number of nitro benzene ring substituents is 1. The lowest BCUT2D eigenvalue weighted by Crippen LogP contribution is -2.08. The quantitative estimate of drug-likeness (QED) is 0.476. The number of hydrogen-bond donors (Lipinski definition) is 1. The minimum absolute atomic E-state index is 0.0272. The third kappa shape index (κ3) is 3.62. The van der Waals surface area contributed by atoms with Gasteiger partial charge in [0.25, 0.3) is 5.69 Å². The molecular formula is C14H11Cl2FN2O2.